The second-order valence-corrected chi connectivity index (χ2v) is 17.8. The molecule has 0 spiro atoms. The smallest absolute Gasteiger partial charge is 0.338 e. The first-order chi connectivity index (χ1) is 25.8. The molecule has 15 heteroatoms. The second kappa shape index (κ2) is 14.8. The van der Waals surface area contributed by atoms with Crippen LogP contribution >= 0.6 is 0 Å². The molecule has 1 aromatic rings. The number of hydrogen-bond donors (Lipinski definition) is 9. The molecular weight excluding hydrogens is 720 g/mol. The van der Waals surface area contributed by atoms with Gasteiger partial charge in [0, 0.05) is 17.8 Å². The van der Waals surface area contributed by atoms with E-state index in [0.29, 0.717) is 44.1 Å². The second-order valence-electron chi connectivity index (χ2n) is 17.8. The van der Waals surface area contributed by atoms with Gasteiger partial charge in [-0.15, -0.1) is 0 Å². The minimum Gasteiger partial charge on any atom is -0.459 e. The quantitative estimate of drug-likeness (QED) is 0.0990. The maximum atomic E-state index is 13.0. The fraction of sp³-hybridized carbons (Fsp3) is 0.825. The van der Waals surface area contributed by atoms with Crippen LogP contribution in [0.3, 0.4) is 0 Å². The van der Waals surface area contributed by atoms with E-state index in [1.54, 1.807) is 44.2 Å². The van der Waals surface area contributed by atoms with Gasteiger partial charge in [0.15, 0.2) is 12.4 Å². The predicted molar refractivity (Wildman–Crippen MR) is 190 cm³/mol. The molecule has 4 saturated carbocycles. The fourth-order valence-corrected chi connectivity index (χ4v) is 12.0. The van der Waals surface area contributed by atoms with Gasteiger partial charge in [0.2, 0.25) is 0 Å². The Labute approximate surface area is 321 Å². The fourth-order valence-electron chi connectivity index (χ4n) is 12.0. The van der Waals surface area contributed by atoms with Gasteiger partial charge in [0.25, 0.3) is 0 Å². The first-order valence-corrected chi connectivity index (χ1v) is 19.9. The summed E-state index contributed by atoms with van der Waals surface area (Å²) >= 11 is 0. The predicted octanol–water partition coefficient (Wildman–Crippen LogP) is 0.478. The number of rotatable bonds is 8. The van der Waals surface area contributed by atoms with Crippen molar-refractivity contribution in [2.45, 2.75) is 170 Å². The largest absolute Gasteiger partial charge is 0.459 e. The molecule has 310 valence electrons. The molecule has 6 fully saturated rings. The zero-order chi connectivity index (χ0) is 39.9. The Kier molecular flexibility index (Phi) is 11.1. The Hall–Kier alpha value is -1.83. The minimum atomic E-state index is -2.45. The summed E-state index contributed by atoms with van der Waals surface area (Å²) in [5.74, 6) is -3.84. The lowest BCUT2D eigenvalue weighted by atomic mass is 9.41. The van der Waals surface area contributed by atoms with Crippen LogP contribution in [0.1, 0.15) is 95.8 Å². The van der Waals surface area contributed by atoms with Gasteiger partial charge in [-0.05, 0) is 94.6 Å². The van der Waals surface area contributed by atoms with E-state index in [0.717, 1.165) is 0 Å². The summed E-state index contributed by atoms with van der Waals surface area (Å²) in [7, 11) is 0. The standard InChI is InChI=1S/C40H60O15/c1-20(52-35(48)22-8-6-5-7-9-22)25-17-29(43)39(50)37(25,4)14-12-28-36(3)13-11-24(16-23(36)10-15-38(28,39)49)53-40(34(47)32(46)31(45)27(19-41)54-40)55-33-21(2)51-30(44)18-26(33)42/h5-9,20-21,23-34,41-47,49-50H,10-19H2,1-4H3/t20?,21?,23?,24-,25+,26+,27?,28?,29+,30+,31+,32-,33+,34?,36-,37+,38-,39+,40-/m0/s1. The molecule has 0 radical (unpaired) electrons. The van der Waals surface area contributed by atoms with Crippen LogP contribution in [0.25, 0.3) is 0 Å². The summed E-state index contributed by atoms with van der Waals surface area (Å²) in [6, 6.07) is 8.65. The average Bonchev–Trinajstić information content (AvgIpc) is 3.36. The molecule has 1 aromatic carbocycles. The van der Waals surface area contributed by atoms with Crippen LogP contribution in [-0.2, 0) is 23.7 Å². The lowest BCUT2D eigenvalue weighted by Crippen LogP contribution is -2.76. The van der Waals surface area contributed by atoms with Gasteiger partial charge in [-0.25, -0.2) is 4.79 Å². The van der Waals surface area contributed by atoms with Crippen molar-refractivity contribution < 1.29 is 74.4 Å². The first-order valence-electron chi connectivity index (χ1n) is 19.9. The molecule has 6 unspecified atom stereocenters. The van der Waals surface area contributed by atoms with Gasteiger partial charge in [-0.1, -0.05) is 32.0 Å². The highest BCUT2D eigenvalue weighted by molar-refractivity contribution is 5.89. The number of esters is 1. The van der Waals surface area contributed by atoms with Crippen molar-refractivity contribution in [3.63, 3.8) is 0 Å². The highest BCUT2D eigenvalue weighted by atomic mass is 16.9. The Morgan fingerprint density at radius 2 is 1.62 bits per heavy atom. The van der Waals surface area contributed by atoms with E-state index in [9.17, 15) is 50.8 Å². The summed E-state index contributed by atoms with van der Waals surface area (Å²) in [6.45, 7) is 6.58. The van der Waals surface area contributed by atoms with E-state index in [4.69, 9.17) is 23.7 Å². The van der Waals surface area contributed by atoms with Crippen molar-refractivity contribution in [2.75, 3.05) is 6.61 Å². The zero-order valence-electron chi connectivity index (χ0n) is 32.0. The Morgan fingerprint density at radius 1 is 0.909 bits per heavy atom. The topological polar surface area (TPSA) is 245 Å². The van der Waals surface area contributed by atoms with Gasteiger partial charge >= 0.3 is 11.9 Å². The molecule has 6 aliphatic rings. The molecule has 0 bridgehead atoms. The molecular formula is C40H60O15. The Balaban J connectivity index is 1.11. The molecule has 0 amide bonds. The number of aliphatic hydroxyl groups excluding tert-OH is 7. The van der Waals surface area contributed by atoms with Gasteiger partial charge < -0.3 is 69.6 Å². The Bertz CT molecular complexity index is 1520. The van der Waals surface area contributed by atoms with Gasteiger partial charge in [0.05, 0.1) is 42.2 Å². The summed E-state index contributed by atoms with van der Waals surface area (Å²) in [5, 5.41) is 101. The number of carbonyl (C=O) groups is 1. The molecule has 0 aromatic heterocycles. The van der Waals surface area contributed by atoms with Crippen molar-refractivity contribution in [2.24, 2.45) is 28.6 Å². The third kappa shape index (κ3) is 6.41. The minimum absolute atomic E-state index is 0.0656. The zero-order valence-corrected chi connectivity index (χ0v) is 32.0. The third-order valence-electron chi connectivity index (χ3n) is 15.1. The van der Waals surface area contributed by atoms with Crippen LogP contribution in [0.15, 0.2) is 30.3 Å². The molecule has 19 atom stereocenters. The number of carbonyl (C=O) groups excluding carboxylic acids is 1. The molecule has 7 rings (SSSR count). The van der Waals surface area contributed by atoms with E-state index in [1.165, 1.54) is 0 Å². The van der Waals surface area contributed by atoms with Crippen molar-refractivity contribution >= 4 is 5.97 Å². The number of benzene rings is 1. The van der Waals surface area contributed by atoms with Crippen molar-refractivity contribution in [3.05, 3.63) is 35.9 Å². The van der Waals surface area contributed by atoms with Crippen molar-refractivity contribution in [1.29, 1.82) is 0 Å². The highest BCUT2D eigenvalue weighted by Gasteiger charge is 2.77. The van der Waals surface area contributed by atoms with Crippen LogP contribution in [0.5, 0.6) is 0 Å². The van der Waals surface area contributed by atoms with E-state index in [2.05, 4.69) is 6.92 Å². The lowest BCUT2D eigenvalue weighted by molar-refractivity contribution is -0.490. The van der Waals surface area contributed by atoms with Gasteiger partial charge in [-0.3, -0.25) is 0 Å². The average molecular weight is 781 g/mol. The number of hydrogen-bond acceptors (Lipinski definition) is 15. The molecule has 15 nitrogen and oxygen atoms in total. The van der Waals surface area contributed by atoms with Crippen LogP contribution in [0, 0.1) is 28.6 Å². The van der Waals surface area contributed by atoms with Crippen molar-refractivity contribution in [1.82, 2.24) is 0 Å². The van der Waals surface area contributed by atoms with Crippen LogP contribution in [0.4, 0.5) is 0 Å². The van der Waals surface area contributed by atoms with E-state index in [-0.39, 0.29) is 25.2 Å². The first kappa shape index (κ1) is 41.3. The van der Waals surface area contributed by atoms with E-state index >= 15 is 0 Å². The van der Waals surface area contributed by atoms with Crippen LogP contribution in [0.2, 0.25) is 0 Å². The van der Waals surface area contributed by atoms with Gasteiger partial charge in [0.1, 0.15) is 36.1 Å². The summed E-state index contributed by atoms with van der Waals surface area (Å²) in [5.41, 5.74) is -4.63. The molecule has 9 N–H and O–H groups in total. The molecule has 2 heterocycles. The lowest BCUT2D eigenvalue weighted by Gasteiger charge is -2.68. The molecule has 2 aliphatic heterocycles. The maximum Gasteiger partial charge on any atom is 0.338 e. The van der Waals surface area contributed by atoms with Crippen LogP contribution in [-0.4, -0.2) is 143 Å². The van der Waals surface area contributed by atoms with Crippen LogP contribution < -0.4 is 0 Å². The maximum absolute atomic E-state index is 13.0. The normalized spacial score (nSPS) is 51.7. The summed E-state index contributed by atoms with van der Waals surface area (Å²) in [6.07, 6.45) is -11.2. The highest BCUT2D eigenvalue weighted by Crippen LogP contribution is 2.71. The molecule has 2 saturated heterocycles. The summed E-state index contributed by atoms with van der Waals surface area (Å²) < 4.78 is 30.0. The Morgan fingerprint density at radius 3 is 2.29 bits per heavy atom. The van der Waals surface area contributed by atoms with E-state index < -0.39 is 120 Å². The van der Waals surface area contributed by atoms with E-state index in [1.807, 2.05) is 6.92 Å². The summed E-state index contributed by atoms with van der Waals surface area (Å²) in [4.78, 5) is 13.0. The SMILES string of the molecule is CC1O[C@@H](O)C[C@@H](O)[C@@H]1O[C@@]1(O[C@H]2CC[C@@]3(C)C(CC[C@]4(O)C3CC[C@]3(C)[C@@H](C(C)OC(=O)c5ccccc5)C[C@@H](O)[C@]43O)C2)OC(CO)[C@@H](O)[C@H](O)C1O. The number of ether oxygens (including phenoxy) is 5. The molecule has 55 heavy (non-hydrogen) atoms. The number of fused-ring (bicyclic) bond motifs is 5. The third-order valence-corrected chi connectivity index (χ3v) is 15.1. The van der Waals surface area contributed by atoms with Gasteiger partial charge in [-0.2, -0.15) is 0 Å². The molecule has 4 aliphatic carbocycles. The van der Waals surface area contributed by atoms with Crippen molar-refractivity contribution in [3.8, 4) is 0 Å². The number of aliphatic hydroxyl groups is 9. The monoisotopic (exact) mass is 780 g/mol.